The summed E-state index contributed by atoms with van der Waals surface area (Å²) < 4.78 is 32.3. The van der Waals surface area contributed by atoms with Crippen molar-refractivity contribution in [1.82, 2.24) is 14.9 Å². The SMILES string of the molecule is CSCC[C@H](NC(=O)c1cc2c(N(Cc3cncn3Cc3ccc(C#N)cc3)S(=O)(=O)c3ccccc3)cccc2s1)C(=O)O. The lowest BCUT2D eigenvalue weighted by Gasteiger charge is -2.26. The van der Waals surface area contributed by atoms with Gasteiger partial charge in [-0.2, -0.15) is 17.0 Å². The third kappa shape index (κ3) is 7.20. The number of amides is 1. The van der Waals surface area contributed by atoms with Gasteiger partial charge in [0.2, 0.25) is 0 Å². The Kier molecular flexibility index (Phi) is 9.87. The highest BCUT2D eigenvalue weighted by atomic mass is 32.2. The fourth-order valence-electron chi connectivity index (χ4n) is 4.77. The molecule has 45 heavy (non-hydrogen) atoms. The van der Waals surface area contributed by atoms with Crippen molar-refractivity contribution in [2.75, 3.05) is 16.3 Å². The second kappa shape index (κ2) is 14.0. The second-order valence-electron chi connectivity index (χ2n) is 10.1. The summed E-state index contributed by atoms with van der Waals surface area (Å²) in [6.45, 7) is 0.355. The van der Waals surface area contributed by atoms with E-state index in [2.05, 4.69) is 16.4 Å². The van der Waals surface area contributed by atoms with Crippen LogP contribution in [0.4, 0.5) is 5.69 Å². The maximum atomic E-state index is 14.2. The number of thiophene rings is 1. The van der Waals surface area contributed by atoms with Crippen molar-refractivity contribution in [1.29, 1.82) is 5.26 Å². The van der Waals surface area contributed by atoms with E-state index in [1.165, 1.54) is 28.2 Å². The number of carboxylic acid groups (broad SMARTS) is 1. The number of carboxylic acids is 1. The number of sulfonamides is 1. The monoisotopic (exact) mass is 659 g/mol. The standard InChI is InChI=1S/C32H29N5O5S3/c1-43-15-14-27(32(39)40)35-31(38)30-16-26-28(8-5-9-29(26)44-30)37(45(41,42)25-6-3-2-4-7-25)20-24-18-34-21-36(24)19-23-12-10-22(17-33)11-13-23/h2-13,16,18,21,27H,14-15,19-20H2,1H3,(H,35,38)(H,39,40)/t27-/m0/s1. The van der Waals surface area contributed by atoms with Gasteiger partial charge in [-0.05, 0) is 66.5 Å². The molecule has 1 amide bonds. The van der Waals surface area contributed by atoms with Crippen LogP contribution in [0.15, 0.2) is 96.3 Å². The number of carbonyl (C=O) groups excluding carboxylic acids is 1. The Morgan fingerprint density at radius 3 is 2.56 bits per heavy atom. The van der Waals surface area contributed by atoms with Gasteiger partial charge in [0.25, 0.3) is 15.9 Å². The van der Waals surface area contributed by atoms with E-state index in [9.17, 15) is 23.1 Å². The molecule has 0 bridgehead atoms. The van der Waals surface area contributed by atoms with Crippen molar-refractivity contribution in [3.8, 4) is 6.07 Å². The quantitative estimate of drug-likeness (QED) is 0.172. The maximum absolute atomic E-state index is 14.2. The number of imidazole rings is 1. The molecule has 0 saturated heterocycles. The van der Waals surface area contributed by atoms with Crippen molar-refractivity contribution in [3.63, 3.8) is 0 Å². The number of thioether (sulfide) groups is 1. The van der Waals surface area contributed by atoms with E-state index < -0.39 is 27.9 Å². The Morgan fingerprint density at radius 1 is 1.11 bits per heavy atom. The van der Waals surface area contributed by atoms with Crippen LogP contribution in [0.25, 0.3) is 10.1 Å². The molecule has 0 radical (unpaired) electrons. The molecule has 0 spiro atoms. The molecule has 2 N–H and O–H groups in total. The first kappa shape index (κ1) is 31.8. The molecule has 5 rings (SSSR count). The summed E-state index contributed by atoms with van der Waals surface area (Å²) in [4.78, 5) is 29.6. The number of aromatic nitrogens is 2. The van der Waals surface area contributed by atoms with Crippen LogP contribution < -0.4 is 9.62 Å². The van der Waals surface area contributed by atoms with Crippen LogP contribution in [0.2, 0.25) is 0 Å². The molecule has 5 aromatic rings. The number of nitrogens with one attached hydrogen (secondary N) is 1. The van der Waals surface area contributed by atoms with Crippen molar-refractivity contribution >= 4 is 60.8 Å². The molecule has 2 heterocycles. The van der Waals surface area contributed by atoms with E-state index in [0.29, 0.717) is 39.3 Å². The Labute approximate surface area is 269 Å². The summed E-state index contributed by atoms with van der Waals surface area (Å²) in [6, 6.07) is 23.1. The number of rotatable bonds is 13. The topological polar surface area (TPSA) is 145 Å². The number of nitrogens with zero attached hydrogens (tertiary/aromatic N) is 4. The Hall–Kier alpha value is -4.64. The van der Waals surface area contributed by atoms with Crippen LogP contribution in [0.1, 0.15) is 32.9 Å². The number of nitriles is 1. The first-order valence-electron chi connectivity index (χ1n) is 13.8. The molecular weight excluding hydrogens is 631 g/mol. The highest BCUT2D eigenvalue weighted by Gasteiger charge is 2.29. The van der Waals surface area contributed by atoms with Gasteiger partial charge in [-0.1, -0.05) is 36.4 Å². The zero-order chi connectivity index (χ0) is 32.0. The van der Waals surface area contributed by atoms with Crippen molar-refractivity contribution in [2.45, 2.75) is 30.4 Å². The molecule has 0 saturated carbocycles. The van der Waals surface area contributed by atoms with Gasteiger partial charge in [0.15, 0.2) is 0 Å². The Bertz CT molecular complexity index is 1970. The molecule has 0 unspecified atom stereocenters. The number of benzene rings is 3. The van der Waals surface area contributed by atoms with Gasteiger partial charge in [0.1, 0.15) is 6.04 Å². The van der Waals surface area contributed by atoms with Gasteiger partial charge < -0.3 is 15.0 Å². The third-order valence-electron chi connectivity index (χ3n) is 7.12. The molecule has 1 atom stereocenters. The number of hydrogen-bond donors (Lipinski definition) is 2. The van der Waals surface area contributed by atoms with E-state index in [-0.39, 0.29) is 22.7 Å². The highest BCUT2D eigenvalue weighted by Crippen LogP contribution is 2.37. The molecule has 230 valence electrons. The molecule has 13 heteroatoms. The van der Waals surface area contributed by atoms with Crippen molar-refractivity contribution < 1.29 is 23.1 Å². The molecule has 3 aromatic carbocycles. The largest absolute Gasteiger partial charge is 0.480 e. The molecular formula is C32H29N5O5S3. The van der Waals surface area contributed by atoms with Gasteiger partial charge >= 0.3 is 5.97 Å². The average Bonchev–Trinajstić information content (AvgIpc) is 3.69. The number of hydrogen-bond acceptors (Lipinski definition) is 8. The van der Waals surface area contributed by atoms with Crippen molar-refractivity contribution in [2.24, 2.45) is 0 Å². The predicted octanol–water partition coefficient (Wildman–Crippen LogP) is 5.35. The minimum atomic E-state index is -4.09. The van der Waals surface area contributed by atoms with Gasteiger partial charge in [-0.3, -0.25) is 9.10 Å². The summed E-state index contributed by atoms with van der Waals surface area (Å²) in [5.74, 6) is -1.08. The van der Waals surface area contributed by atoms with E-state index in [4.69, 9.17) is 5.26 Å². The Balaban J connectivity index is 1.53. The lowest BCUT2D eigenvalue weighted by Crippen LogP contribution is -2.40. The van der Waals surface area contributed by atoms with Gasteiger partial charge in [-0.15, -0.1) is 11.3 Å². The highest BCUT2D eigenvalue weighted by molar-refractivity contribution is 7.98. The van der Waals surface area contributed by atoms with Crippen LogP contribution in [-0.2, 0) is 27.9 Å². The molecule has 2 aromatic heterocycles. The summed E-state index contributed by atoms with van der Waals surface area (Å²) in [5, 5.41) is 21.9. The lowest BCUT2D eigenvalue weighted by atomic mass is 10.1. The van der Waals surface area contributed by atoms with Crippen LogP contribution in [-0.4, -0.2) is 53.0 Å². The van der Waals surface area contributed by atoms with Crippen LogP contribution in [0.5, 0.6) is 0 Å². The van der Waals surface area contributed by atoms with Gasteiger partial charge in [0, 0.05) is 22.8 Å². The number of fused-ring (bicyclic) bond motifs is 1. The summed E-state index contributed by atoms with van der Waals surface area (Å²) in [6.07, 6.45) is 5.38. The van der Waals surface area contributed by atoms with E-state index in [1.807, 2.05) is 23.0 Å². The fraction of sp³-hybridized carbons (Fsp3) is 0.188. The number of aliphatic carboxylic acids is 1. The normalized spacial score (nSPS) is 12.0. The summed E-state index contributed by atoms with van der Waals surface area (Å²) >= 11 is 2.66. The van der Waals surface area contributed by atoms with Gasteiger partial charge in [-0.25, -0.2) is 18.2 Å². The Morgan fingerprint density at radius 2 is 1.87 bits per heavy atom. The summed E-state index contributed by atoms with van der Waals surface area (Å²) in [7, 11) is -4.09. The molecule has 0 fully saturated rings. The summed E-state index contributed by atoms with van der Waals surface area (Å²) in [5.41, 5.74) is 2.45. The van der Waals surface area contributed by atoms with Gasteiger partial charge in [0.05, 0.1) is 45.7 Å². The maximum Gasteiger partial charge on any atom is 0.326 e. The van der Waals surface area contributed by atoms with Crippen LogP contribution in [0.3, 0.4) is 0 Å². The van der Waals surface area contributed by atoms with Crippen molar-refractivity contribution in [3.05, 3.63) is 113 Å². The smallest absolute Gasteiger partial charge is 0.326 e. The molecule has 0 aliphatic carbocycles. The van der Waals surface area contributed by atoms with E-state index >= 15 is 0 Å². The van der Waals surface area contributed by atoms with Crippen LogP contribution >= 0.6 is 23.1 Å². The first-order chi connectivity index (χ1) is 21.7. The number of anilines is 1. The van der Waals surface area contributed by atoms with E-state index in [1.54, 1.807) is 67.1 Å². The minimum absolute atomic E-state index is 0.0558. The first-order valence-corrected chi connectivity index (χ1v) is 17.5. The predicted molar refractivity (Wildman–Crippen MR) is 176 cm³/mol. The minimum Gasteiger partial charge on any atom is -0.480 e. The fourth-order valence-corrected chi connectivity index (χ4v) is 7.70. The third-order valence-corrected chi connectivity index (χ3v) is 10.6. The van der Waals surface area contributed by atoms with E-state index in [0.717, 1.165) is 16.9 Å². The second-order valence-corrected chi connectivity index (χ2v) is 14.0. The zero-order valence-electron chi connectivity index (χ0n) is 24.2. The van der Waals surface area contributed by atoms with Crippen LogP contribution in [0, 0.1) is 11.3 Å². The molecule has 0 aliphatic heterocycles. The average molecular weight is 660 g/mol. The zero-order valence-corrected chi connectivity index (χ0v) is 26.6. The molecule has 0 aliphatic rings. The lowest BCUT2D eigenvalue weighted by molar-refractivity contribution is -0.139. The molecule has 10 nitrogen and oxygen atoms in total. The number of carbonyl (C=O) groups is 2.